The lowest BCUT2D eigenvalue weighted by atomic mass is 9.85. The molecule has 0 spiro atoms. The van der Waals surface area contributed by atoms with Gasteiger partial charge in [0, 0.05) is 17.1 Å². The summed E-state index contributed by atoms with van der Waals surface area (Å²) < 4.78 is 0. The monoisotopic (exact) mass is 230 g/mol. The van der Waals surface area contributed by atoms with Crippen molar-refractivity contribution in [1.29, 1.82) is 0 Å². The number of fused-ring (bicyclic) bond motifs is 1. The Kier molecular flexibility index (Phi) is 3.85. The minimum absolute atomic E-state index is 0.624. The summed E-state index contributed by atoms with van der Waals surface area (Å²) in [5.74, 6) is 1.29. The molecule has 2 rings (SSSR count). The second-order valence-corrected chi connectivity index (χ2v) is 5.03. The van der Waals surface area contributed by atoms with E-state index in [4.69, 9.17) is 0 Å². The van der Waals surface area contributed by atoms with Crippen molar-refractivity contribution in [2.75, 3.05) is 13.6 Å². The van der Waals surface area contributed by atoms with Gasteiger partial charge in [-0.25, -0.2) is 0 Å². The van der Waals surface area contributed by atoms with Crippen LogP contribution in [0.1, 0.15) is 31.7 Å². The van der Waals surface area contributed by atoms with Gasteiger partial charge in [-0.05, 0) is 43.5 Å². The fourth-order valence-electron chi connectivity index (χ4n) is 2.55. The van der Waals surface area contributed by atoms with Gasteiger partial charge in [-0.15, -0.1) is 0 Å². The van der Waals surface area contributed by atoms with Gasteiger partial charge in [-0.1, -0.05) is 32.0 Å². The minimum atomic E-state index is 0.624. The highest BCUT2D eigenvalue weighted by atomic mass is 14.8. The van der Waals surface area contributed by atoms with Gasteiger partial charge in [0.15, 0.2) is 0 Å². The number of H-pyrrole nitrogens is 1. The molecule has 0 aliphatic heterocycles. The van der Waals surface area contributed by atoms with Gasteiger partial charge in [-0.3, -0.25) is 0 Å². The lowest BCUT2D eigenvalue weighted by molar-refractivity contribution is 0.463. The highest BCUT2D eigenvalue weighted by molar-refractivity contribution is 5.83. The summed E-state index contributed by atoms with van der Waals surface area (Å²) in [5, 5.41) is 4.63. The number of para-hydroxylation sites is 1. The van der Waals surface area contributed by atoms with Gasteiger partial charge in [0.1, 0.15) is 0 Å². The summed E-state index contributed by atoms with van der Waals surface area (Å²) in [5.41, 5.74) is 2.71. The van der Waals surface area contributed by atoms with Gasteiger partial charge in [0.2, 0.25) is 0 Å². The van der Waals surface area contributed by atoms with E-state index in [1.165, 1.54) is 22.9 Å². The van der Waals surface area contributed by atoms with Crippen molar-refractivity contribution in [2.24, 2.45) is 5.92 Å². The molecule has 92 valence electrons. The quantitative estimate of drug-likeness (QED) is 0.808. The molecule has 2 aromatic rings. The number of hydrogen-bond acceptors (Lipinski definition) is 1. The Hall–Kier alpha value is -1.28. The Labute approximate surface area is 103 Å². The maximum atomic E-state index is 3.38. The highest BCUT2D eigenvalue weighted by Gasteiger charge is 2.18. The SMILES string of the molecule is CNCC[C@H](c1c[nH]c2ccccc12)C(C)C. The summed E-state index contributed by atoms with van der Waals surface area (Å²) in [6.07, 6.45) is 3.38. The summed E-state index contributed by atoms with van der Waals surface area (Å²) >= 11 is 0. The van der Waals surface area contributed by atoms with Crippen LogP contribution in [0.3, 0.4) is 0 Å². The van der Waals surface area contributed by atoms with Crippen LogP contribution in [0.2, 0.25) is 0 Å². The van der Waals surface area contributed by atoms with E-state index in [1.807, 2.05) is 7.05 Å². The maximum absolute atomic E-state index is 3.38. The molecule has 0 fully saturated rings. The Morgan fingerprint density at radius 1 is 1.24 bits per heavy atom. The van der Waals surface area contributed by atoms with Crippen LogP contribution in [-0.4, -0.2) is 18.6 Å². The normalized spacial score (nSPS) is 13.4. The molecule has 17 heavy (non-hydrogen) atoms. The van der Waals surface area contributed by atoms with Crippen LogP contribution in [0.5, 0.6) is 0 Å². The number of benzene rings is 1. The van der Waals surface area contributed by atoms with Crippen molar-refractivity contribution < 1.29 is 0 Å². The molecule has 0 aliphatic carbocycles. The third-order valence-corrected chi connectivity index (χ3v) is 3.53. The molecular formula is C15H22N2. The molecule has 1 aromatic carbocycles. The van der Waals surface area contributed by atoms with E-state index in [2.05, 4.69) is 54.6 Å². The molecule has 0 radical (unpaired) electrons. The number of rotatable bonds is 5. The van der Waals surface area contributed by atoms with Gasteiger partial charge in [0.05, 0.1) is 0 Å². The van der Waals surface area contributed by atoms with Crippen molar-refractivity contribution in [3.63, 3.8) is 0 Å². The van der Waals surface area contributed by atoms with E-state index in [-0.39, 0.29) is 0 Å². The molecule has 1 aromatic heterocycles. The average molecular weight is 230 g/mol. The van der Waals surface area contributed by atoms with Crippen molar-refractivity contribution in [3.8, 4) is 0 Å². The fourth-order valence-corrected chi connectivity index (χ4v) is 2.55. The molecule has 0 aliphatic rings. The van der Waals surface area contributed by atoms with E-state index >= 15 is 0 Å². The van der Waals surface area contributed by atoms with Crippen LogP contribution in [-0.2, 0) is 0 Å². The lowest BCUT2D eigenvalue weighted by Crippen LogP contribution is -2.15. The summed E-state index contributed by atoms with van der Waals surface area (Å²) in [6, 6.07) is 8.57. The predicted octanol–water partition coefficient (Wildman–Crippen LogP) is 3.52. The van der Waals surface area contributed by atoms with Gasteiger partial charge < -0.3 is 10.3 Å². The number of aromatic amines is 1. The lowest BCUT2D eigenvalue weighted by Gasteiger charge is -2.20. The van der Waals surface area contributed by atoms with Crippen LogP contribution < -0.4 is 5.32 Å². The molecule has 2 heteroatoms. The highest BCUT2D eigenvalue weighted by Crippen LogP contribution is 2.32. The molecule has 1 atom stereocenters. The van der Waals surface area contributed by atoms with E-state index in [9.17, 15) is 0 Å². The van der Waals surface area contributed by atoms with Crippen LogP contribution in [0.15, 0.2) is 30.5 Å². The topological polar surface area (TPSA) is 27.8 Å². The molecule has 1 heterocycles. The van der Waals surface area contributed by atoms with E-state index < -0.39 is 0 Å². The molecule has 0 amide bonds. The first-order valence-electron chi connectivity index (χ1n) is 6.44. The largest absolute Gasteiger partial charge is 0.361 e. The summed E-state index contributed by atoms with van der Waals surface area (Å²) in [7, 11) is 2.02. The number of nitrogens with one attached hydrogen (secondary N) is 2. The Morgan fingerprint density at radius 2 is 2.00 bits per heavy atom. The van der Waals surface area contributed by atoms with Crippen LogP contribution in [0, 0.1) is 5.92 Å². The summed E-state index contributed by atoms with van der Waals surface area (Å²) in [4.78, 5) is 3.38. The van der Waals surface area contributed by atoms with Crippen molar-refractivity contribution in [2.45, 2.75) is 26.2 Å². The summed E-state index contributed by atoms with van der Waals surface area (Å²) in [6.45, 7) is 5.69. The Morgan fingerprint density at radius 3 is 2.71 bits per heavy atom. The molecule has 0 bridgehead atoms. The Bertz CT molecular complexity index is 470. The third-order valence-electron chi connectivity index (χ3n) is 3.53. The number of hydrogen-bond donors (Lipinski definition) is 2. The van der Waals surface area contributed by atoms with Crippen LogP contribution in [0.25, 0.3) is 10.9 Å². The van der Waals surface area contributed by atoms with E-state index in [0.29, 0.717) is 11.8 Å². The van der Waals surface area contributed by atoms with Crippen LogP contribution >= 0.6 is 0 Å². The zero-order valence-corrected chi connectivity index (χ0v) is 11.0. The molecule has 0 saturated carbocycles. The van der Waals surface area contributed by atoms with Gasteiger partial charge in [0.25, 0.3) is 0 Å². The van der Waals surface area contributed by atoms with Crippen LogP contribution in [0.4, 0.5) is 0 Å². The third kappa shape index (κ3) is 2.52. The van der Waals surface area contributed by atoms with Gasteiger partial charge in [-0.2, -0.15) is 0 Å². The molecule has 0 unspecified atom stereocenters. The fraction of sp³-hybridized carbons (Fsp3) is 0.467. The second kappa shape index (κ2) is 5.37. The molecule has 0 saturated heterocycles. The standard InChI is InChI=1S/C15H22N2/c1-11(2)12(8-9-16-3)14-10-17-15-7-5-4-6-13(14)15/h4-7,10-12,16-17H,8-9H2,1-3H3/t12-/m0/s1. The average Bonchev–Trinajstić information content (AvgIpc) is 2.73. The minimum Gasteiger partial charge on any atom is -0.361 e. The smallest absolute Gasteiger partial charge is 0.0456 e. The van der Waals surface area contributed by atoms with Gasteiger partial charge >= 0.3 is 0 Å². The first-order chi connectivity index (χ1) is 8.24. The first-order valence-corrected chi connectivity index (χ1v) is 6.44. The predicted molar refractivity (Wildman–Crippen MR) is 74.4 cm³/mol. The zero-order chi connectivity index (χ0) is 12.3. The molecular weight excluding hydrogens is 208 g/mol. The van der Waals surface area contributed by atoms with E-state index in [1.54, 1.807) is 0 Å². The second-order valence-electron chi connectivity index (χ2n) is 5.03. The van der Waals surface area contributed by atoms with Crippen molar-refractivity contribution in [3.05, 3.63) is 36.0 Å². The molecule has 2 nitrogen and oxygen atoms in total. The Balaban J connectivity index is 2.34. The van der Waals surface area contributed by atoms with E-state index in [0.717, 1.165) is 6.54 Å². The maximum Gasteiger partial charge on any atom is 0.0456 e. The molecule has 2 N–H and O–H groups in total. The van der Waals surface area contributed by atoms with Crippen molar-refractivity contribution >= 4 is 10.9 Å². The first kappa shape index (κ1) is 12.2. The zero-order valence-electron chi connectivity index (χ0n) is 11.0. The number of aromatic nitrogens is 1. The van der Waals surface area contributed by atoms with Crippen molar-refractivity contribution in [1.82, 2.24) is 10.3 Å².